The van der Waals surface area contributed by atoms with Crippen LogP contribution in [0.4, 0.5) is 17.6 Å². The largest absolute Gasteiger partial charge is 0.419 e. The summed E-state index contributed by atoms with van der Waals surface area (Å²) in [6.45, 7) is 0.392. The summed E-state index contributed by atoms with van der Waals surface area (Å²) in [5.74, 6) is 3.87. The zero-order valence-electron chi connectivity index (χ0n) is 8.45. The maximum absolute atomic E-state index is 13.1. The Morgan fingerprint density at radius 1 is 1.31 bits per heavy atom. The molecule has 0 aromatic heterocycles. The predicted molar refractivity (Wildman–Crippen MR) is 52.2 cm³/mol. The maximum atomic E-state index is 13.1. The maximum Gasteiger partial charge on any atom is 0.419 e. The second-order valence-electron chi connectivity index (χ2n) is 3.02. The average molecular weight is 231 g/mol. The summed E-state index contributed by atoms with van der Waals surface area (Å²) < 4.78 is 49.7. The van der Waals surface area contributed by atoms with Crippen LogP contribution in [-0.4, -0.2) is 13.6 Å². The van der Waals surface area contributed by atoms with E-state index in [1.54, 1.807) is 7.05 Å². The van der Waals surface area contributed by atoms with Crippen molar-refractivity contribution in [3.63, 3.8) is 0 Å². The lowest BCUT2D eigenvalue weighted by Gasteiger charge is -2.07. The van der Waals surface area contributed by atoms with E-state index in [-0.39, 0.29) is 5.56 Å². The minimum atomic E-state index is -4.67. The molecule has 1 N–H and O–H groups in total. The fraction of sp³-hybridized carbons (Fsp3) is 0.273. The zero-order chi connectivity index (χ0) is 12.2. The molecule has 0 amide bonds. The minimum absolute atomic E-state index is 0.223. The lowest BCUT2D eigenvalue weighted by Crippen LogP contribution is -2.08. The van der Waals surface area contributed by atoms with E-state index in [1.807, 2.05) is 0 Å². The van der Waals surface area contributed by atoms with E-state index in [0.717, 1.165) is 12.1 Å². The van der Waals surface area contributed by atoms with E-state index in [2.05, 4.69) is 17.2 Å². The quantitative estimate of drug-likeness (QED) is 0.578. The fourth-order valence-electron chi connectivity index (χ4n) is 1.06. The van der Waals surface area contributed by atoms with E-state index >= 15 is 0 Å². The molecule has 1 nitrogen and oxygen atoms in total. The monoisotopic (exact) mass is 231 g/mol. The van der Waals surface area contributed by atoms with Gasteiger partial charge in [-0.15, -0.1) is 0 Å². The average Bonchev–Trinajstić information content (AvgIpc) is 2.16. The molecule has 0 aliphatic heterocycles. The Kier molecular flexibility index (Phi) is 3.91. The molecule has 5 heteroatoms. The summed E-state index contributed by atoms with van der Waals surface area (Å²) in [7, 11) is 1.68. The number of rotatable bonds is 1. The molecule has 0 fully saturated rings. The van der Waals surface area contributed by atoms with Crippen molar-refractivity contribution >= 4 is 0 Å². The van der Waals surface area contributed by atoms with E-state index in [9.17, 15) is 17.6 Å². The molecule has 1 aromatic rings. The Labute approximate surface area is 90.5 Å². The minimum Gasteiger partial charge on any atom is -0.309 e. The molecular formula is C11H9F4N. The highest BCUT2D eigenvalue weighted by Crippen LogP contribution is 2.31. The van der Waals surface area contributed by atoms with Crippen molar-refractivity contribution in [3.05, 3.63) is 35.1 Å². The molecule has 86 valence electrons. The lowest BCUT2D eigenvalue weighted by molar-refractivity contribution is -0.140. The Morgan fingerprint density at radius 2 is 2.00 bits per heavy atom. The first-order chi connectivity index (χ1) is 7.45. The molecule has 0 radical (unpaired) electrons. The van der Waals surface area contributed by atoms with E-state index < -0.39 is 17.6 Å². The molecule has 0 aliphatic carbocycles. The fourth-order valence-corrected chi connectivity index (χ4v) is 1.06. The van der Waals surface area contributed by atoms with Crippen molar-refractivity contribution in [2.45, 2.75) is 6.18 Å². The van der Waals surface area contributed by atoms with Crippen LogP contribution in [0, 0.1) is 17.7 Å². The Morgan fingerprint density at radius 3 is 2.50 bits per heavy atom. The van der Waals surface area contributed by atoms with Gasteiger partial charge in [0.2, 0.25) is 0 Å². The SMILES string of the molecule is CNCC#Cc1ccc(C(F)(F)F)c(F)c1. The van der Waals surface area contributed by atoms with Gasteiger partial charge in [-0.25, -0.2) is 4.39 Å². The van der Waals surface area contributed by atoms with Crippen molar-refractivity contribution in [1.29, 1.82) is 0 Å². The number of hydrogen-bond acceptors (Lipinski definition) is 1. The first kappa shape index (κ1) is 12.5. The van der Waals surface area contributed by atoms with Crippen LogP contribution in [-0.2, 0) is 6.18 Å². The van der Waals surface area contributed by atoms with E-state index in [4.69, 9.17) is 0 Å². The van der Waals surface area contributed by atoms with Crippen LogP contribution in [0.25, 0.3) is 0 Å². The number of benzene rings is 1. The molecule has 0 saturated heterocycles. The van der Waals surface area contributed by atoms with Crippen molar-refractivity contribution in [1.82, 2.24) is 5.32 Å². The molecule has 0 saturated carbocycles. The van der Waals surface area contributed by atoms with Crippen LogP contribution in [0.3, 0.4) is 0 Å². The number of nitrogens with one attached hydrogen (secondary N) is 1. The predicted octanol–water partition coefficient (Wildman–Crippen LogP) is 2.42. The van der Waals surface area contributed by atoms with Crippen LogP contribution in [0.5, 0.6) is 0 Å². The van der Waals surface area contributed by atoms with Gasteiger partial charge in [0.05, 0.1) is 12.1 Å². The number of hydrogen-bond donors (Lipinski definition) is 1. The first-order valence-electron chi connectivity index (χ1n) is 4.45. The molecule has 1 rings (SSSR count). The van der Waals surface area contributed by atoms with Crippen LogP contribution in [0.2, 0.25) is 0 Å². The van der Waals surface area contributed by atoms with Crippen molar-refractivity contribution in [2.24, 2.45) is 0 Å². The summed E-state index contributed by atoms with van der Waals surface area (Å²) in [6.07, 6.45) is -4.67. The third-order valence-corrected chi connectivity index (χ3v) is 1.77. The highest BCUT2D eigenvalue weighted by molar-refractivity contribution is 5.38. The highest BCUT2D eigenvalue weighted by atomic mass is 19.4. The van der Waals surface area contributed by atoms with Gasteiger partial charge in [0.1, 0.15) is 5.82 Å². The van der Waals surface area contributed by atoms with Gasteiger partial charge in [-0.3, -0.25) is 0 Å². The van der Waals surface area contributed by atoms with Gasteiger partial charge in [-0.05, 0) is 25.2 Å². The molecule has 0 heterocycles. The highest BCUT2D eigenvalue weighted by Gasteiger charge is 2.33. The third-order valence-electron chi connectivity index (χ3n) is 1.77. The summed E-state index contributed by atoms with van der Waals surface area (Å²) in [6, 6.07) is 2.62. The Bertz CT molecular complexity index is 426. The zero-order valence-corrected chi connectivity index (χ0v) is 8.45. The lowest BCUT2D eigenvalue weighted by atomic mass is 10.1. The summed E-state index contributed by atoms with van der Waals surface area (Å²) in [5, 5.41) is 2.74. The van der Waals surface area contributed by atoms with Crippen LogP contribution in [0.1, 0.15) is 11.1 Å². The second-order valence-corrected chi connectivity index (χ2v) is 3.02. The molecule has 1 aromatic carbocycles. The summed E-state index contributed by atoms with van der Waals surface area (Å²) >= 11 is 0. The van der Waals surface area contributed by atoms with Gasteiger partial charge in [0.25, 0.3) is 0 Å². The number of halogens is 4. The normalized spacial score (nSPS) is 10.8. The third kappa shape index (κ3) is 3.24. The first-order valence-corrected chi connectivity index (χ1v) is 4.45. The molecule has 0 spiro atoms. The Balaban J connectivity index is 2.97. The van der Waals surface area contributed by atoms with Crippen molar-refractivity contribution < 1.29 is 17.6 Å². The van der Waals surface area contributed by atoms with Gasteiger partial charge in [0, 0.05) is 5.56 Å². The standard InChI is InChI=1S/C11H9F4N/c1-16-6-2-3-8-4-5-9(10(12)7-8)11(13,14)15/h4-5,7,16H,6H2,1H3. The van der Waals surface area contributed by atoms with Crippen molar-refractivity contribution in [3.8, 4) is 11.8 Å². The van der Waals surface area contributed by atoms with Crippen LogP contribution < -0.4 is 5.32 Å². The molecule has 0 bridgehead atoms. The van der Waals surface area contributed by atoms with Crippen LogP contribution >= 0.6 is 0 Å². The Hall–Kier alpha value is -1.54. The van der Waals surface area contributed by atoms with Gasteiger partial charge >= 0.3 is 6.18 Å². The molecule has 0 unspecified atom stereocenters. The van der Waals surface area contributed by atoms with Crippen molar-refractivity contribution in [2.75, 3.05) is 13.6 Å². The van der Waals surface area contributed by atoms with Gasteiger partial charge in [-0.2, -0.15) is 13.2 Å². The van der Waals surface area contributed by atoms with Crippen LogP contribution in [0.15, 0.2) is 18.2 Å². The molecule has 0 aliphatic rings. The van der Waals surface area contributed by atoms with E-state index in [0.29, 0.717) is 12.6 Å². The molecule has 16 heavy (non-hydrogen) atoms. The van der Waals surface area contributed by atoms with Gasteiger partial charge in [-0.1, -0.05) is 11.8 Å². The van der Waals surface area contributed by atoms with E-state index in [1.165, 1.54) is 0 Å². The number of alkyl halides is 3. The smallest absolute Gasteiger partial charge is 0.309 e. The molecular weight excluding hydrogens is 222 g/mol. The molecule has 0 atom stereocenters. The van der Waals surface area contributed by atoms with Gasteiger partial charge < -0.3 is 5.32 Å². The van der Waals surface area contributed by atoms with Gasteiger partial charge in [0.15, 0.2) is 0 Å². The summed E-state index contributed by atoms with van der Waals surface area (Å²) in [5.41, 5.74) is -1.05. The topological polar surface area (TPSA) is 12.0 Å². The summed E-state index contributed by atoms with van der Waals surface area (Å²) in [4.78, 5) is 0. The second kappa shape index (κ2) is 4.99.